The minimum atomic E-state index is -0.222. The lowest BCUT2D eigenvalue weighted by molar-refractivity contribution is 0.0963. The Kier molecular flexibility index (Phi) is 8.76. The standard InChI is InChI=1S/C16H33N5O2/c1-5-13(3)20(4)12-9-18-15(17)19-14-7-10-21(11-8-14)16(22)23-6-2/h13-14H,5-12H2,1-4H3,(H3,17,18,19). The molecule has 0 saturated carbocycles. The highest BCUT2D eigenvalue weighted by atomic mass is 16.6. The monoisotopic (exact) mass is 327 g/mol. The number of rotatable bonds is 7. The summed E-state index contributed by atoms with van der Waals surface area (Å²) in [7, 11) is 2.11. The SMILES string of the molecule is CCOC(=O)N1CCC(NC(N)=NCCN(C)C(C)CC)CC1. The van der Waals surface area contributed by atoms with Gasteiger partial charge in [0, 0.05) is 31.7 Å². The number of piperidine rings is 1. The Morgan fingerprint density at radius 1 is 1.43 bits per heavy atom. The first kappa shape index (κ1) is 19.5. The van der Waals surface area contributed by atoms with Gasteiger partial charge in [-0.15, -0.1) is 0 Å². The number of nitrogens with one attached hydrogen (secondary N) is 1. The number of likely N-dealkylation sites (tertiary alicyclic amines) is 1. The summed E-state index contributed by atoms with van der Waals surface area (Å²) in [4.78, 5) is 20.1. The lowest BCUT2D eigenvalue weighted by Gasteiger charge is -2.31. The first-order valence-corrected chi connectivity index (χ1v) is 8.66. The first-order valence-electron chi connectivity index (χ1n) is 8.66. The van der Waals surface area contributed by atoms with E-state index in [1.807, 2.05) is 6.92 Å². The van der Waals surface area contributed by atoms with Crippen LogP contribution in [0, 0.1) is 0 Å². The molecule has 1 saturated heterocycles. The van der Waals surface area contributed by atoms with Crippen LogP contribution >= 0.6 is 0 Å². The zero-order valence-corrected chi connectivity index (χ0v) is 15.0. The Morgan fingerprint density at radius 3 is 2.65 bits per heavy atom. The smallest absolute Gasteiger partial charge is 0.409 e. The molecule has 1 fully saturated rings. The summed E-state index contributed by atoms with van der Waals surface area (Å²) >= 11 is 0. The van der Waals surface area contributed by atoms with E-state index in [0.717, 1.165) is 25.8 Å². The molecule has 0 aromatic carbocycles. The van der Waals surface area contributed by atoms with E-state index >= 15 is 0 Å². The van der Waals surface area contributed by atoms with E-state index in [9.17, 15) is 4.79 Å². The number of hydrogen-bond donors (Lipinski definition) is 2. The van der Waals surface area contributed by atoms with Crippen molar-refractivity contribution in [1.29, 1.82) is 0 Å². The van der Waals surface area contributed by atoms with Crippen molar-refractivity contribution in [2.45, 2.75) is 52.1 Å². The van der Waals surface area contributed by atoms with Gasteiger partial charge in [0.1, 0.15) is 0 Å². The minimum Gasteiger partial charge on any atom is -0.450 e. The Balaban J connectivity index is 2.26. The average Bonchev–Trinajstić information content (AvgIpc) is 2.54. The summed E-state index contributed by atoms with van der Waals surface area (Å²) in [5.41, 5.74) is 5.96. The zero-order chi connectivity index (χ0) is 17.2. The molecule has 7 nitrogen and oxygen atoms in total. The molecule has 0 bridgehead atoms. The summed E-state index contributed by atoms with van der Waals surface area (Å²) in [6.45, 7) is 9.62. The van der Waals surface area contributed by atoms with Crippen LogP contribution < -0.4 is 11.1 Å². The third-order valence-corrected chi connectivity index (χ3v) is 4.45. The number of nitrogens with zero attached hydrogens (tertiary/aromatic N) is 3. The topological polar surface area (TPSA) is 83.2 Å². The maximum atomic E-state index is 11.6. The van der Waals surface area contributed by atoms with Crippen LogP contribution in [0.15, 0.2) is 4.99 Å². The quantitative estimate of drug-likeness (QED) is 0.543. The number of guanidine groups is 1. The molecule has 23 heavy (non-hydrogen) atoms. The number of carbonyl (C=O) groups excluding carboxylic acids is 1. The molecule has 1 aliphatic heterocycles. The van der Waals surface area contributed by atoms with Gasteiger partial charge in [-0.05, 0) is 40.2 Å². The fourth-order valence-corrected chi connectivity index (χ4v) is 2.54. The van der Waals surface area contributed by atoms with Crippen LogP contribution in [-0.2, 0) is 4.74 Å². The number of likely N-dealkylation sites (N-methyl/N-ethyl adjacent to an activating group) is 1. The molecule has 1 unspecified atom stereocenters. The molecular weight excluding hydrogens is 294 g/mol. The maximum absolute atomic E-state index is 11.6. The molecule has 1 atom stereocenters. The van der Waals surface area contributed by atoms with Crippen LogP contribution in [0.5, 0.6) is 0 Å². The van der Waals surface area contributed by atoms with E-state index in [4.69, 9.17) is 10.5 Å². The molecular formula is C16H33N5O2. The van der Waals surface area contributed by atoms with E-state index in [0.29, 0.717) is 38.2 Å². The molecule has 0 spiro atoms. The molecule has 0 radical (unpaired) electrons. The highest BCUT2D eigenvalue weighted by Gasteiger charge is 2.23. The van der Waals surface area contributed by atoms with Crippen LogP contribution in [0.3, 0.4) is 0 Å². The zero-order valence-electron chi connectivity index (χ0n) is 15.0. The second kappa shape index (κ2) is 10.3. The van der Waals surface area contributed by atoms with Crippen LogP contribution in [0.4, 0.5) is 4.79 Å². The van der Waals surface area contributed by atoms with Gasteiger partial charge in [0.05, 0.1) is 13.2 Å². The number of hydrogen-bond acceptors (Lipinski definition) is 4. The molecule has 1 amide bonds. The molecule has 1 rings (SSSR count). The lowest BCUT2D eigenvalue weighted by Crippen LogP contribution is -2.48. The summed E-state index contributed by atoms with van der Waals surface area (Å²) in [6.07, 6.45) is 2.64. The predicted molar refractivity (Wildman–Crippen MR) is 93.6 cm³/mol. The van der Waals surface area contributed by atoms with Crippen LogP contribution in [-0.4, -0.2) is 73.8 Å². The highest BCUT2D eigenvalue weighted by Crippen LogP contribution is 2.11. The molecule has 0 aromatic heterocycles. The Hall–Kier alpha value is -1.50. The average molecular weight is 327 g/mol. The van der Waals surface area contributed by atoms with E-state index in [1.54, 1.807) is 4.90 Å². The molecule has 0 aromatic rings. The number of aliphatic imine (C=N–C) groups is 1. The second-order valence-electron chi connectivity index (χ2n) is 6.11. The summed E-state index contributed by atoms with van der Waals surface area (Å²) < 4.78 is 5.02. The maximum Gasteiger partial charge on any atom is 0.409 e. The number of ether oxygens (including phenoxy) is 1. The summed E-state index contributed by atoms with van der Waals surface area (Å²) in [5, 5.41) is 3.26. The van der Waals surface area contributed by atoms with Crippen LogP contribution in [0.1, 0.15) is 40.0 Å². The molecule has 134 valence electrons. The molecule has 7 heteroatoms. The Labute approximate surface area is 140 Å². The highest BCUT2D eigenvalue weighted by molar-refractivity contribution is 5.78. The van der Waals surface area contributed by atoms with Gasteiger partial charge < -0.3 is 25.6 Å². The molecule has 3 N–H and O–H groups in total. The van der Waals surface area contributed by atoms with E-state index in [-0.39, 0.29) is 12.1 Å². The number of nitrogens with two attached hydrogens (primary N) is 1. The van der Waals surface area contributed by atoms with Gasteiger partial charge in [-0.1, -0.05) is 6.92 Å². The van der Waals surface area contributed by atoms with Gasteiger partial charge in [0.2, 0.25) is 0 Å². The van der Waals surface area contributed by atoms with Gasteiger partial charge in [-0.2, -0.15) is 0 Å². The fourth-order valence-electron chi connectivity index (χ4n) is 2.54. The lowest BCUT2D eigenvalue weighted by atomic mass is 10.1. The van der Waals surface area contributed by atoms with Crippen molar-refractivity contribution in [3.05, 3.63) is 0 Å². The van der Waals surface area contributed by atoms with Crippen molar-refractivity contribution in [3.63, 3.8) is 0 Å². The number of carbonyl (C=O) groups is 1. The third-order valence-electron chi connectivity index (χ3n) is 4.45. The summed E-state index contributed by atoms with van der Waals surface area (Å²) in [6, 6.07) is 0.836. The van der Waals surface area contributed by atoms with E-state index < -0.39 is 0 Å². The normalized spacial score (nSPS) is 18.1. The Bertz CT molecular complexity index is 381. The van der Waals surface area contributed by atoms with E-state index in [1.165, 1.54) is 0 Å². The fraction of sp³-hybridized carbons (Fsp3) is 0.875. The first-order chi connectivity index (χ1) is 11.0. The van der Waals surface area contributed by atoms with Crippen LogP contribution in [0.25, 0.3) is 0 Å². The van der Waals surface area contributed by atoms with Crippen molar-refractivity contribution in [2.75, 3.05) is 39.8 Å². The van der Waals surface area contributed by atoms with E-state index in [2.05, 4.69) is 36.1 Å². The van der Waals surface area contributed by atoms with Gasteiger partial charge in [0.25, 0.3) is 0 Å². The van der Waals surface area contributed by atoms with Crippen molar-refractivity contribution in [1.82, 2.24) is 15.1 Å². The third kappa shape index (κ3) is 7.07. The molecule has 1 heterocycles. The van der Waals surface area contributed by atoms with Gasteiger partial charge >= 0.3 is 6.09 Å². The molecule has 1 aliphatic rings. The Morgan fingerprint density at radius 2 is 2.09 bits per heavy atom. The van der Waals surface area contributed by atoms with Crippen molar-refractivity contribution in [3.8, 4) is 0 Å². The summed E-state index contributed by atoms with van der Waals surface area (Å²) in [5.74, 6) is 0.497. The molecule has 0 aliphatic carbocycles. The van der Waals surface area contributed by atoms with Crippen molar-refractivity contribution < 1.29 is 9.53 Å². The predicted octanol–water partition coefficient (Wildman–Crippen LogP) is 1.24. The van der Waals surface area contributed by atoms with Crippen molar-refractivity contribution >= 4 is 12.1 Å². The van der Waals surface area contributed by atoms with Gasteiger partial charge in [-0.25, -0.2) is 4.79 Å². The second-order valence-corrected chi connectivity index (χ2v) is 6.11. The minimum absolute atomic E-state index is 0.222. The number of amides is 1. The van der Waals surface area contributed by atoms with Crippen molar-refractivity contribution in [2.24, 2.45) is 10.7 Å². The van der Waals surface area contributed by atoms with Gasteiger partial charge in [0.15, 0.2) is 5.96 Å². The largest absolute Gasteiger partial charge is 0.450 e. The van der Waals surface area contributed by atoms with Crippen LogP contribution in [0.2, 0.25) is 0 Å². The van der Waals surface area contributed by atoms with Gasteiger partial charge in [-0.3, -0.25) is 4.99 Å².